The lowest BCUT2D eigenvalue weighted by atomic mass is 10.2. The van der Waals surface area contributed by atoms with Crippen LogP contribution in [0.3, 0.4) is 0 Å². The number of rotatable bonds is 10. The molecule has 10 heteroatoms. The van der Waals surface area contributed by atoms with E-state index >= 15 is 0 Å². The lowest BCUT2D eigenvalue weighted by molar-refractivity contribution is -0.120. The molecule has 182 valence electrons. The highest BCUT2D eigenvalue weighted by Gasteiger charge is 2.13. The summed E-state index contributed by atoms with van der Waals surface area (Å²) in [6.45, 7) is 0.358. The van der Waals surface area contributed by atoms with E-state index in [-0.39, 0.29) is 18.5 Å². The number of methoxy groups -OCH3 is 1. The van der Waals surface area contributed by atoms with Gasteiger partial charge in [0, 0.05) is 18.0 Å². The molecule has 0 spiro atoms. The van der Waals surface area contributed by atoms with Gasteiger partial charge in [-0.3, -0.25) is 9.59 Å². The highest BCUT2D eigenvalue weighted by atomic mass is 79.9. The molecule has 0 aliphatic heterocycles. The van der Waals surface area contributed by atoms with E-state index in [0.29, 0.717) is 33.2 Å². The van der Waals surface area contributed by atoms with Crippen LogP contribution in [0, 0.1) is 5.82 Å². The Hall–Kier alpha value is -3.43. The summed E-state index contributed by atoms with van der Waals surface area (Å²) in [4.78, 5) is 24.0. The van der Waals surface area contributed by atoms with Crippen LogP contribution in [0.15, 0.2) is 70.2 Å². The second-order valence-electron chi connectivity index (χ2n) is 7.23. The Morgan fingerprint density at radius 1 is 1.14 bits per heavy atom. The highest BCUT2D eigenvalue weighted by molar-refractivity contribution is 9.10. The van der Waals surface area contributed by atoms with Crippen LogP contribution in [0.2, 0.25) is 5.02 Å². The second-order valence-corrected chi connectivity index (χ2v) is 8.52. The van der Waals surface area contributed by atoms with Crippen molar-refractivity contribution in [1.29, 1.82) is 0 Å². The normalized spacial score (nSPS) is 10.7. The number of carbonyl (C=O) groups excluding carboxylic acids is 2. The predicted octanol–water partition coefficient (Wildman–Crippen LogP) is 5.10. The Kier molecular flexibility index (Phi) is 9.63. The van der Waals surface area contributed by atoms with Crippen LogP contribution in [0.1, 0.15) is 27.9 Å². The molecule has 0 bridgehead atoms. The first-order valence-electron chi connectivity index (χ1n) is 10.5. The summed E-state index contributed by atoms with van der Waals surface area (Å²) in [5.41, 5.74) is 3.91. The molecule has 3 rings (SSSR count). The van der Waals surface area contributed by atoms with E-state index < -0.39 is 17.6 Å². The average molecular weight is 563 g/mol. The monoisotopic (exact) mass is 561 g/mol. The number of halogens is 3. The lowest BCUT2D eigenvalue weighted by Gasteiger charge is -2.13. The molecule has 0 fully saturated rings. The molecule has 0 heterocycles. The maximum atomic E-state index is 13.6. The molecule has 0 saturated heterocycles. The van der Waals surface area contributed by atoms with Crippen LogP contribution in [0.25, 0.3) is 0 Å². The van der Waals surface area contributed by atoms with Gasteiger partial charge in [-0.2, -0.15) is 5.10 Å². The molecule has 35 heavy (non-hydrogen) atoms. The van der Waals surface area contributed by atoms with Gasteiger partial charge in [0.2, 0.25) is 5.91 Å². The molecular weight excluding hydrogens is 541 g/mol. The van der Waals surface area contributed by atoms with Crippen molar-refractivity contribution >= 4 is 45.6 Å². The van der Waals surface area contributed by atoms with Crippen LogP contribution >= 0.6 is 27.5 Å². The van der Waals surface area contributed by atoms with Gasteiger partial charge in [-0.1, -0.05) is 35.9 Å². The average Bonchev–Trinajstić information content (AvgIpc) is 2.84. The van der Waals surface area contributed by atoms with Crippen LogP contribution in [0.4, 0.5) is 4.39 Å². The number of carbonyl (C=O) groups is 2. The Balaban J connectivity index is 1.51. The van der Waals surface area contributed by atoms with Gasteiger partial charge in [0.05, 0.1) is 23.4 Å². The van der Waals surface area contributed by atoms with Crippen molar-refractivity contribution < 1.29 is 23.5 Å². The molecule has 0 radical (unpaired) electrons. The molecule has 0 saturated carbocycles. The Morgan fingerprint density at radius 3 is 2.60 bits per heavy atom. The third-order valence-corrected chi connectivity index (χ3v) is 5.55. The third-order valence-electron chi connectivity index (χ3n) is 4.71. The summed E-state index contributed by atoms with van der Waals surface area (Å²) in [6, 6.07) is 16.4. The first-order chi connectivity index (χ1) is 16.9. The molecule has 7 nitrogen and oxygen atoms in total. The van der Waals surface area contributed by atoms with Gasteiger partial charge >= 0.3 is 0 Å². The minimum absolute atomic E-state index is 0.0258. The zero-order valence-electron chi connectivity index (χ0n) is 18.7. The van der Waals surface area contributed by atoms with Crippen molar-refractivity contribution in [2.75, 3.05) is 13.7 Å². The van der Waals surface area contributed by atoms with E-state index in [2.05, 4.69) is 31.8 Å². The van der Waals surface area contributed by atoms with Gasteiger partial charge in [-0.05, 0) is 63.5 Å². The maximum absolute atomic E-state index is 13.6. The van der Waals surface area contributed by atoms with Gasteiger partial charge in [-0.15, -0.1) is 0 Å². The lowest BCUT2D eigenvalue weighted by Crippen LogP contribution is -2.29. The fourth-order valence-corrected chi connectivity index (χ4v) is 3.66. The van der Waals surface area contributed by atoms with Crippen molar-refractivity contribution in [3.8, 4) is 11.5 Å². The molecule has 0 unspecified atom stereocenters. The van der Waals surface area contributed by atoms with E-state index in [1.165, 1.54) is 31.5 Å². The van der Waals surface area contributed by atoms with E-state index in [1.54, 1.807) is 30.3 Å². The standard InChI is InChI=1S/C25H22BrClFN3O4/c1-34-22-13-17(12-20(26)24(22)35-15-16-6-8-18(27)9-7-16)14-30-31-23(32)10-11-29-25(33)19-4-2-3-5-21(19)28/h2-9,12-14H,10-11,15H2,1H3,(H,29,33)(H,31,32). The summed E-state index contributed by atoms with van der Waals surface area (Å²) in [7, 11) is 1.52. The number of benzene rings is 3. The van der Waals surface area contributed by atoms with Gasteiger partial charge < -0.3 is 14.8 Å². The predicted molar refractivity (Wildman–Crippen MR) is 136 cm³/mol. The van der Waals surface area contributed by atoms with Gasteiger partial charge in [0.1, 0.15) is 12.4 Å². The fourth-order valence-electron chi connectivity index (χ4n) is 2.96. The maximum Gasteiger partial charge on any atom is 0.254 e. The molecular formula is C25H22BrClFN3O4. The Labute approximate surface area is 215 Å². The quantitative estimate of drug-likeness (QED) is 0.266. The van der Waals surface area contributed by atoms with Gasteiger partial charge in [0.25, 0.3) is 5.91 Å². The number of hydrazone groups is 1. The van der Waals surface area contributed by atoms with Gasteiger partial charge in [0.15, 0.2) is 11.5 Å². The topological polar surface area (TPSA) is 89.0 Å². The zero-order valence-corrected chi connectivity index (χ0v) is 21.0. The van der Waals surface area contributed by atoms with Gasteiger partial charge in [-0.25, -0.2) is 9.82 Å². The number of nitrogens with zero attached hydrogens (tertiary/aromatic N) is 1. The SMILES string of the molecule is COc1cc(C=NNC(=O)CCNC(=O)c2ccccc2F)cc(Br)c1OCc1ccc(Cl)cc1. The van der Waals surface area contributed by atoms with Crippen molar-refractivity contribution in [3.63, 3.8) is 0 Å². The minimum Gasteiger partial charge on any atom is -0.493 e. The number of hydrogen-bond acceptors (Lipinski definition) is 5. The van der Waals surface area contributed by atoms with Crippen molar-refractivity contribution in [2.45, 2.75) is 13.0 Å². The van der Waals surface area contributed by atoms with E-state index in [4.69, 9.17) is 21.1 Å². The minimum atomic E-state index is -0.623. The number of amides is 2. The molecule has 0 aromatic heterocycles. The van der Waals surface area contributed by atoms with Crippen LogP contribution in [-0.4, -0.2) is 31.7 Å². The van der Waals surface area contributed by atoms with Crippen molar-refractivity contribution in [2.24, 2.45) is 5.10 Å². The van der Waals surface area contributed by atoms with Crippen molar-refractivity contribution in [3.05, 3.63) is 92.7 Å². The first-order valence-corrected chi connectivity index (χ1v) is 11.6. The van der Waals surface area contributed by atoms with Crippen LogP contribution in [-0.2, 0) is 11.4 Å². The molecule has 0 aliphatic carbocycles. The smallest absolute Gasteiger partial charge is 0.254 e. The van der Waals surface area contributed by atoms with E-state index in [9.17, 15) is 14.0 Å². The largest absolute Gasteiger partial charge is 0.493 e. The van der Waals surface area contributed by atoms with E-state index in [0.717, 1.165) is 5.56 Å². The summed E-state index contributed by atoms with van der Waals surface area (Å²) in [5, 5.41) is 7.08. The summed E-state index contributed by atoms with van der Waals surface area (Å²) >= 11 is 9.38. The summed E-state index contributed by atoms with van der Waals surface area (Å²) in [6.07, 6.45) is 1.42. The zero-order chi connectivity index (χ0) is 25.2. The molecule has 0 aliphatic rings. The van der Waals surface area contributed by atoms with E-state index in [1.807, 2.05) is 12.1 Å². The molecule has 2 N–H and O–H groups in total. The number of ether oxygens (including phenoxy) is 2. The summed E-state index contributed by atoms with van der Waals surface area (Å²) in [5.74, 6) is -0.619. The molecule has 3 aromatic rings. The first kappa shape index (κ1) is 26.2. The number of hydrogen-bond donors (Lipinski definition) is 2. The third kappa shape index (κ3) is 7.80. The molecule has 0 atom stereocenters. The molecule has 3 aromatic carbocycles. The van der Waals surface area contributed by atoms with Crippen LogP contribution < -0.4 is 20.2 Å². The Morgan fingerprint density at radius 2 is 1.89 bits per heavy atom. The Bertz CT molecular complexity index is 1220. The van der Waals surface area contributed by atoms with Crippen molar-refractivity contribution in [1.82, 2.24) is 10.7 Å². The number of nitrogens with one attached hydrogen (secondary N) is 2. The molecule has 2 amide bonds. The highest BCUT2D eigenvalue weighted by Crippen LogP contribution is 2.36. The van der Waals surface area contributed by atoms with Crippen LogP contribution in [0.5, 0.6) is 11.5 Å². The summed E-state index contributed by atoms with van der Waals surface area (Å²) < 4.78 is 25.6. The second kappa shape index (κ2) is 12.9. The fraction of sp³-hybridized carbons (Fsp3) is 0.160.